The van der Waals surface area contributed by atoms with E-state index in [0.717, 1.165) is 15.6 Å². The molecule has 1 aliphatic heterocycles. The molecule has 25 heavy (non-hydrogen) atoms. The fourth-order valence-corrected chi connectivity index (χ4v) is 5.01. The molecule has 4 nitrogen and oxygen atoms in total. The van der Waals surface area contributed by atoms with E-state index in [4.69, 9.17) is 5.73 Å². The van der Waals surface area contributed by atoms with E-state index in [1.54, 1.807) is 12.1 Å². The predicted octanol–water partition coefficient (Wildman–Crippen LogP) is 5.34. The number of allylic oxidation sites excluding steroid dienone is 1. The van der Waals surface area contributed by atoms with Crippen LogP contribution in [-0.4, -0.2) is 10.9 Å². The van der Waals surface area contributed by atoms with Gasteiger partial charge in [-0.15, -0.1) is 22.7 Å². The van der Waals surface area contributed by atoms with E-state index in [0.29, 0.717) is 20.4 Å². The molecule has 0 spiro atoms. The average molecular weight is 433 g/mol. The van der Waals surface area contributed by atoms with Crippen molar-refractivity contribution in [3.05, 3.63) is 79.1 Å². The molecule has 0 unspecified atom stereocenters. The molecule has 4 N–H and O–H groups in total. The lowest BCUT2D eigenvalue weighted by molar-refractivity contribution is 0.104. The third-order valence-electron chi connectivity index (χ3n) is 4.04. The highest BCUT2D eigenvalue weighted by atomic mass is 79.9. The quantitative estimate of drug-likeness (QED) is 0.488. The maximum atomic E-state index is 12.7. The van der Waals surface area contributed by atoms with Gasteiger partial charge in [-0.3, -0.25) is 4.79 Å². The summed E-state index contributed by atoms with van der Waals surface area (Å²) in [7, 11) is 0. The fraction of sp³-hybridized carbons (Fsp3) is 0.0556. The molecule has 0 radical (unpaired) electrons. The van der Waals surface area contributed by atoms with Crippen molar-refractivity contribution < 1.29 is 9.90 Å². The van der Waals surface area contributed by atoms with Crippen molar-refractivity contribution in [2.75, 3.05) is 11.1 Å². The molecule has 2 aromatic heterocycles. The molecule has 0 amide bonds. The number of aliphatic hydroxyl groups excluding tert-OH is 1. The van der Waals surface area contributed by atoms with Crippen LogP contribution in [0.25, 0.3) is 0 Å². The number of hydrogen-bond donors (Lipinski definition) is 3. The Labute approximate surface area is 160 Å². The van der Waals surface area contributed by atoms with Gasteiger partial charge in [-0.2, -0.15) is 0 Å². The van der Waals surface area contributed by atoms with Gasteiger partial charge in [0.25, 0.3) is 0 Å². The van der Waals surface area contributed by atoms with Gasteiger partial charge in [0.05, 0.1) is 10.6 Å². The molecule has 3 heterocycles. The Balaban J connectivity index is 1.82. The van der Waals surface area contributed by atoms with Crippen LogP contribution in [-0.2, 0) is 0 Å². The number of hydrogen-bond acceptors (Lipinski definition) is 6. The Morgan fingerprint density at radius 2 is 2.00 bits per heavy atom. The Morgan fingerprint density at radius 1 is 1.24 bits per heavy atom. The number of anilines is 2. The van der Waals surface area contributed by atoms with Crippen molar-refractivity contribution in [1.82, 2.24) is 0 Å². The number of benzene rings is 1. The lowest BCUT2D eigenvalue weighted by Gasteiger charge is -2.21. The minimum Gasteiger partial charge on any atom is -0.495 e. The van der Waals surface area contributed by atoms with Crippen molar-refractivity contribution in [2.24, 2.45) is 0 Å². The summed E-state index contributed by atoms with van der Waals surface area (Å²) in [6.07, 6.45) is 1.72. The van der Waals surface area contributed by atoms with Crippen LogP contribution < -0.4 is 11.1 Å². The number of rotatable bonds is 3. The van der Waals surface area contributed by atoms with E-state index < -0.39 is 0 Å². The minimum absolute atomic E-state index is 0.0665. The zero-order valence-corrected chi connectivity index (χ0v) is 16.0. The molecule has 4 rings (SSSR count). The summed E-state index contributed by atoms with van der Waals surface area (Å²) in [6.45, 7) is 0. The molecule has 1 aliphatic rings. The summed E-state index contributed by atoms with van der Waals surface area (Å²) < 4.78 is 0.977. The lowest BCUT2D eigenvalue weighted by Crippen LogP contribution is -2.12. The van der Waals surface area contributed by atoms with Gasteiger partial charge < -0.3 is 16.2 Å². The number of carbonyl (C=O) groups excluding carboxylic acids is 1. The van der Waals surface area contributed by atoms with Gasteiger partial charge in [-0.05, 0) is 35.2 Å². The third kappa shape index (κ3) is 2.88. The number of ketones is 1. The summed E-state index contributed by atoms with van der Waals surface area (Å²) in [6, 6.07) is 11.5. The van der Waals surface area contributed by atoms with Crippen LogP contribution in [0.1, 0.15) is 31.6 Å². The monoisotopic (exact) mass is 432 g/mol. The van der Waals surface area contributed by atoms with E-state index in [1.807, 2.05) is 35.7 Å². The Hall–Kier alpha value is -2.09. The van der Waals surface area contributed by atoms with E-state index in [-0.39, 0.29) is 17.6 Å². The van der Waals surface area contributed by atoms with E-state index >= 15 is 0 Å². The molecule has 126 valence electrons. The summed E-state index contributed by atoms with van der Waals surface area (Å²) >= 11 is 6.11. The minimum atomic E-state index is -0.203. The van der Waals surface area contributed by atoms with Gasteiger partial charge in [0.2, 0.25) is 5.78 Å². The number of nitrogens with two attached hydrogens (primary N) is 1. The van der Waals surface area contributed by atoms with Crippen LogP contribution in [0, 0.1) is 0 Å². The Bertz CT molecular complexity index is 975. The van der Waals surface area contributed by atoms with Crippen LogP contribution in [0.4, 0.5) is 10.7 Å². The van der Waals surface area contributed by atoms with Crippen molar-refractivity contribution in [1.29, 1.82) is 0 Å². The molecule has 0 saturated carbocycles. The van der Waals surface area contributed by atoms with Gasteiger partial charge in [0, 0.05) is 16.0 Å². The van der Waals surface area contributed by atoms with Crippen molar-refractivity contribution >= 4 is 55.1 Å². The number of aliphatic hydroxyl groups is 1. The Kier molecular flexibility index (Phi) is 4.15. The third-order valence-corrected chi connectivity index (χ3v) is 6.57. The molecule has 7 heteroatoms. The van der Waals surface area contributed by atoms with Crippen LogP contribution in [0.15, 0.2) is 58.2 Å². The van der Waals surface area contributed by atoms with Gasteiger partial charge in [-0.1, -0.05) is 34.1 Å². The summed E-state index contributed by atoms with van der Waals surface area (Å²) in [5, 5.41) is 15.6. The molecule has 0 bridgehead atoms. The molecule has 3 aromatic rings. The molecule has 0 aliphatic carbocycles. The molecule has 1 aromatic carbocycles. The standard InChI is InChI=1S/C18H13BrN2O2S2/c19-10-5-3-9(4-6-10)11-8-13(22)21-18-14(11)15(20)17(25-18)16(23)12-2-1-7-24-12/h1-8,11,21-22H,20H2/t11-/m1/s1. The van der Waals surface area contributed by atoms with Crippen molar-refractivity contribution in [3.63, 3.8) is 0 Å². The normalized spacial score (nSPS) is 16.0. The smallest absolute Gasteiger partial charge is 0.215 e. The number of nitrogens with one attached hydrogen (secondary N) is 1. The first kappa shape index (κ1) is 16.4. The fourth-order valence-electron chi connectivity index (χ4n) is 2.88. The zero-order valence-electron chi connectivity index (χ0n) is 12.8. The van der Waals surface area contributed by atoms with Gasteiger partial charge in [0.15, 0.2) is 5.88 Å². The van der Waals surface area contributed by atoms with E-state index in [2.05, 4.69) is 21.2 Å². The summed E-state index contributed by atoms with van der Waals surface area (Å²) in [5.41, 5.74) is 8.68. The Morgan fingerprint density at radius 3 is 2.68 bits per heavy atom. The highest BCUT2D eigenvalue weighted by Crippen LogP contribution is 2.47. The van der Waals surface area contributed by atoms with Crippen LogP contribution in [0.3, 0.4) is 0 Å². The molecule has 1 atom stereocenters. The average Bonchev–Trinajstić information content (AvgIpc) is 3.23. The summed E-state index contributed by atoms with van der Waals surface area (Å²) in [5.74, 6) is -0.218. The van der Waals surface area contributed by atoms with Crippen molar-refractivity contribution in [2.45, 2.75) is 5.92 Å². The van der Waals surface area contributed by atoms with Gasteiger partial charge in [0.1, 0.15) is 9.88 Å². The predicted molar refractivity (Wildman–Crippen MR) is 107 cm³/mol. The number of carbonyl (C=O) groups is 1. The summed E-state index contributed by atoms with van der Waals surface area (Å²) in [4.78, 5) is 13.9. The van der Waals surface area contributed by atoms with E-state index in [9.17, 15) is 9.90 Å². The first-order valence-corrected chi connectivity index (χ1v) is 9.97. The van der Waals surface area contributed by atoms with Crippen molar-refractivity contribution in [3.8, 4) is 0 Å². The number of thiophene rings is 2. The first-order chi connectivity index (χ1) is 12.0. The molecular formula is C18H13BrN2O2S2. The largest absolute Gasteiger partial charge is 0.495 e. The maximum absolute atomic E-state index is 12.7. The van der Waals surface area contributed by atoms with Crippen LogP contribution >= 0.6 is 38.6 Å². The second-order valence-corrected chi connectivity index (χ2v) is 8.48. The molecule has 0 saturated heterocycles. The second-order valence-electron chi connectivity index (χ2n) is 5.60. The lowest BCUT2D eigenvalue weighted by atomic mass is 9.89. The van der Waals surface area contributed by atoms with Gasteiger partial charge in [-0.25, -0.2) is 0 Å². The van der Waals surface area contributed by atoms with E-state index in [1.165, 1.54) is 22.7 Å². The SMILES string of the molecule is Nc1c(C(=O)c2cccs2)sc2c1[C@@H](c1ccc(Br)cc1)C=C(O)N2. The maximum Gasteiger partial charge on any atom is 0.215 e. The van der Waals surface area contributed by atoms with Crippen LogP contribution in [0.5, 0.6) is 0 Å². The molecule has 0 fully saturated rings. The highest BCUT2D eigenvalue weighted by Gasteiger charge is 2.30. The zero-order chi connectivity index (χ0) is 17.6. The number of nitrogen functional groups attached to an aromatic ring is 1. The number of fused-ring (bicyclic) bond motifs is 1. The van der Waals surface area contributed by atoms with Crippen LogP contribution in [0.2, 0.25) is 0 Å². The molecular weight excluding hydrogens is 420 g/mol. The topological polar surface area (TPSA) is 75.4 Å². The second kappa shape index (κ2) is 6.33. The van der Waals surface area contributed by atoms with Gasteiger partial charge >= 0.3 is 0 Å². The first-order valence-electron chi connectivity index (χ1n) is 7.48. The number of halogens is 1. The highest BCUT2D eigenvalue weighted by molar-refractivity contribution is 9.10.